The van der Waals surface area contributed by atoms with E-state index in [1.807, 2.05) is 31.2 Å². The fourth-order valence-corrected chi connectivity index (χ4v) is 2.42. The first-order valence-corrected chi connectivity index (χ1v) is 6.31. The Kier molecular flexibility index (Phi) is 3.68. The molecule has 0 spiro atoms. The molecule has 0 unspecified atom stereocenters. The molecular formula is C12H14N2O2S. The van der Waals surface area contributed by atoms with E-state index in [0.29, 0.717) is 5.17 Å². The zero-order chi connectivity index (χ0) is 12.3. The summed E-state index contributed by atoms with van der Waals surface area (Å²) >= 11 is 1.48. The van der Waals surface area contributed by atoms with E-state index in [0.717, 1.165) is 17.9 Å². The summed E-state index contributed by atoms with van der Waals surface area (Å²) in [4.78, 5) is 15.8. The number of carbonyl (C=O) groups excluding carboxylic acids is 1. The Morgan fingerprint density at radius 3 is 2.65 bits per heavy atom. The van der Waals surface area contributed by atoms with Crippen molar-refractivity contribution in [1.29, 1.82) is 0 Å². The number of carbonyl (C=O) groups is 1. The largest absolute Gasteiger partial charge is 0.497 e. The lowest BCUT2D eigenvalue weighted by molar-refractivity contribution is -0.118. The fourth-order valence-electron chi connectivity index (χ4n) is 1.50. The average molecular weight is 250 g/mol. The first kappa shape index (κ1) is 12.0. The summed E-state index contributed by atoms with van der Waals surface area (Å²) in [5.41, 5.74) is 0.811. The second-order valence-corrected chi connectivity index (χ2v) is 4.81. The van der Waals surface area contributed by atoms with Crippen molar-refractivity contribution in [3.63, 3.8) is 0 Å². The molecule has 1 aromatic rings. The Morgan fingerprint density at radius 2 is 2.12 bits per heavy atom. The van der Waals surface area contributed by atoms with E-state index in [-0.39, 0.29) is 11.2 Å². The third-order valence-electron chi connectivity index (χ3n) is 2.45. The van der Waals surface area contributed by atoms with E-state index in [1.54, 1.807) is 7.11 Å². The van der Waals surface area contributed by atoms with Gasteiger partial charge < -0.3 is 10.1 Å². The van der Waals surface area contributed by atoms with Crippen LogP contribution in [-0.2, 0) is 4.79 Å². The Balaban J connectivity index is 2.11. The highest BCUT2D eigenvalue weighted by molar-refractivity contribution is 8.15. The van der Waals surface area contributed by atoms with Crippen LogP contribution in [0.15, 0.2) is 29.3 Å². The molecule has 0 bridgehead atoms. The summed E-state index contributed by atoms with van der Waals surface area (Å²) in [6, 6.07) is 7.41. The maximum absolute atomic E-state index is 11.5. The molecule has 17 heavy (non-hydrogen) atoms. The zero-order valence-corrected chi connectivity index (χ0v) is 10.6. The predicted molar refractivity (Wildman–Crippen MR) is 69.9 cm³/mol. The highest BCUT2D eigenvalue weighted by Crippen LogP contribution is 2.25. The average Bonchev–Trinajstić information content (AvgIpc) is 2.70. The van der Waals surface area contributed by atoms with Crippen LogP contribution < -0.4 is 10.1 Å². The van der Waals surface area contributed by atoms with E-state index in [9.17, 15) is 4.79 Å². The minimum atomic E-state index is -0.00741. The lowest BCUT2D eigenvalue weighted by atomic mass is 10.3. The smallest absolute Gasteiger partial charge is 0.239 e. The highest BCUT2D eigenvalue weighted by Gasteiger charge is 2.28. The van der Waals surface area contributed by atoms with Gasteiger partial charge in [0.15, 0.2) is 5.17 Å². The van der Waals surface area contributed by atoms with Crippen LogP contribution in [0.4, 0.5) is 5.69 Å². The lowest BCUT2D eigenvalue weighted by Crippen LogP contribution is -2.24. The third kappa shape index (κ3) is 2.79. The topological polar surface area (TPSA) is 50.7 Å². The minimum absolute atomic E-state index is 0.00741. The number of ether oxygens (including phenoxy) is 1. The second-order valence-electron chi connectivity index (χ2n) is 3.62. The summed E-state index contributed by atoms with van der Waals surface area (Å²) < 4.78 is 5.07. The number of hydrogen-bond acceptors (Lipinski definition) is 4. The molecule has 2 rings (SSSR count). The maximum atomic E-state index is 11.5. The number of rotatable bonds is 3. The van der Waals surface area contributed by atoms with Crippen LogP contribution in [0.1, 0.15) is 13.3 Å². The number of amidine groups is 1. The van der Waals surface area contributed by atoms with Gasteiger partial charge in [0.05, 0.1) is 18.0 Å². The molecule has 4 nitrogen and oxygen atoms in total. The molecule has 1 heterocycles. The van der Waals surface area contributed by atoms with Crippen LogP contribution in [-0.4, -0.2) is 23.4 Å². The first-order valence-electron chi connectivity index (χ1n) is 5.43. The van der Waals surface area contributed by atoms with Gasteiger partial charge in [0, 0.05) is 0 Å². The van der Waals surface area contributed by atoms with Crippen molar-refractivity contribution in [2.45, 2.75) is 18.6 Å². The number of benzene rings is 1. The Hall–Kier alpha value is -1.49. The molecule has 1 atom stereocenters. The molecule has 90 valence electrons. The molecule has 1 amide bonds. The van der Waals surface area contributed by atoms with E-state index in [1.165, 1.54) is 11.8 Å². The van der Waals surface area contributed by atoms with Gasteiger partial charge >= 0.3 is 0 Å². The van der Waals surface area contributed by atoms with E-state index < -0.39 is 0 Å². The Labute approximate surface area is 104 Å². The number of nitrogens with zero attached hydrogens (tertiary/aromatic N) is 1. The third-order valence-corrected chi connectivity index (χ3v) is 3.70. The van der Waals surface area contributed by atoms with Gasteiger partial charge in [-0.25, -0.2) is 4.99 Å². The molecule has 1 aliphatic heterocycles. The first-order chi connectivity index (χ1) is 8.22. The molecular weight excluding hydrogens is 236 g/mol. The van der Waals surface area contributed by atoms with Crippen molar-refractivity contribution in [2.24, 2.45) is 4.99 Å². The van der Waals surface area contributed by atoms with Crippen LogP contribution >= 0.6 is 11.8 Å². The SMILES string of the molecule is CC[C@H]1SC(=Nc2ccc(OC)cc2)NC1=O. The van der Waals surface area contributed by atoms with Gasteiger partial charge in [0.1, 0.15) is 5.75 Å². The molecule has 1 aromatic carbocycles. The van der Waals surface area contributed by atoms with Crippen LogP contribution in [0.5, 0.6) is 5.75 Å². The van der Waals surface area contributed by atoms with Crippen LogP contribution in [0, 0.1) is 0 Å². The molecule has 1 saturated heterocycles. The lowest BCUT2D eigenvalue weighted by Gasteiger charge is -2.00. The standard InChI is InChI=1S/C12H14N2O2S/c1-3-10-11(15)14-12(17-10)13-8-4-6-9(16-2)7-5-8/h4-7,10H,3H2,1-2H3,(H,13,14,15)/t10-/m1/s1. The van der Waals surface area contributed by atoms with E-state index >= 15 is 0 Å². The summed E-state index contributed by atoms with van der Waals surface area (Å²) in [6.07, 6.45) is 0.818. The number of thioether (sulfide) groups is 1. The van der Waals surface area contributed by atoms with Gasteiger partial charge in [-0.15, -0.1) is 0 Å². The van der Waals surface area contributed by atoms with Crippen molar-refractivity contribution in [2.75, 3.05) is 7.11 Å². The summed E-state index contributed by atoms with van der Waals surface area (Å²) in [7, 11) is 1.62. The minimum Gasteiger partial charge on any atom is -0.497 e. The second kappa shape index (κ2) is 5.23. The van der Waals surface area contributed by atoms with Crippen molar-refractivity contribution >= 4 is 28.5 Å². The van der Waals surface area contributed by atoms with E-state index in [2.05, 4.69) is 10.3 Å². The zero-order valence-electron chi connectivity index (χ0n) is 9.77. The molecule has 1 aliphatic rings. The molecule has 1 N–H and O–H groups in total. The van der Waals surface area contributed by atoms with Gasteiger partial charge in [-0.2, -0.15) is 0 Å². The van der Waals surface area contributed by atoms with Gasteiger partial charge in [-0.05, 0) is 30.7 Å². The number of nitrogens with one attached hydrogen (secondary N) is 1. The van der Waals surface area contributed by atoms with Crippen molar-refractivity contribution in [3.8, 4) is 5.75 Å². The van der Waals surface area contributed by atoms with Gasteiger partial charge in [-0.3, -0.25) is 4.79 Å². The maximum Gasteiger partial charge on any atom is 0.239 e. The van der Waals surface area contributed by atoms with Crippen molar-refractivity contribution in [3.05, 3.63) is 24.3 Å². The van der Waals surface area contributed by atoms with Crippen LogP contribution in [0.25, 0.3) is 0 Å². The monoisotopic (exact) mass is 250 g/mol. The number of aliphatic imine (C=N–C) groups is 1. The normalized spacial score (nSPS) is 21.6. The summed E-state index contributed by atoms with van der Waals surface area (Å²) in [5.74, 6) is 0.841. The summed E-state index contributed by atoms with van der Waals surface area (Å²) in [6.45, 7) is 1.99. The Morgan fingerprint density at radius 1 is 1.41 bits per heavy atom. The molecule has 0 aliphatic carbocycles. The highest BCUT2D eigenvalue weighted by atomic mass is 32.2. The van der Waals surface area contributed by atoms with E-state index in [4.69, 9.17) is 4.74 Å². The van der Waals surface area contributed by atoms with Gasteiger partial charge in [0.25, 0.3) is 0 Å². The molecule has 0 saturated carbocycles. The number of amides is 1. The molecule has 5 heteroatoms. The predicted octanol–water partition coefficient (Wildman–Crippen LogP) is 2.32. The molecule has 0 radical (unpaired) electrons. The Bertz CT molecular complexity index is 442. The fraction of sp³-hybridized carbons (Fsp3) is 0.333. The molecule has 1 fully saturated rings. The summed E-state index contributed by atoms with van der Waals surface area (Å²) in [5, 5.41) is 3.44. The van der Waals surface area contributed by atoms with Crippen LogP contribution in [0.3, 0.4) is 0 Å². The van der Waals surface area contributed by atoms with Gasteiger partial charge in [-0.1, -0.05) is 18.7 Å². The number of methoxy groups -OCH3 is 1. The quantitative estimate of drug-likeness (QED) is 0.895. The molecule has 0 aromatic heterocycles. The van der Waals surface area contributed by atoms with Crippen molar-refractivity contribution < 1.29 is 9.53 Å². The van der Waals surface area contributed by atoms with Gasteiger partial charge in [0.2, 0.25) is 5.91 Å². The van der Waals surface area contributed by atoms with Crippen LogP contribution in [0.2, 0.25) is 0 Å². The van der Waals surface area contributed by atoms with Crippen molar-refractivity contribution in [1.82, 2.24) is 5.32 Å². The number of hydrogen-bond donors (Lipinski definition) is 1.